The zero-order chi connectivity index (χ0) is 28.4. The summed E-state index contributed by atoms with van der Waals surface area (Å²) >= 11 is 0. The van der Waals surface area contributed by atoms with Gasteiger partial charge in [-0.2, -0.15) is 23.3 Å². The largest absolute Gasteiger partial charge is 0.416 e. The van der Waals surface area contributed by atoms with E-state index in [1.54, 1.807) is 20.0 Å². The first kappa shape index (κ1) is 27.3. The molecule has 0 saturated carbocycles. The number of aliphatic hydroxyl groups is 1. The van der Waals surface area contributed by atoms with Crippen molar-refractivity contribution < 1.29 is 32.2 Å². The molecule has 14 heteroatoms. The number of anilines is 4. The van der Waals surface area contributed by atoms with Gasteiger partial charge in [-0.25, -0.2) is 14.2 Å². The molecule has 10 nitrogen and oxygen atoms in total. The van der Waals surface area contributed by atoms with Gasteiger partial charge in [0.05, 0.1) is 35.3 Å². The van der Waals surface area contributed by atoms with E-state index in [0.29, 0.717) is 11.3 Å². The lowest BCUT2D eigenvalue weighted by Crippen LogP contribution is -2.26. The van der Waals surface area contributed by atoms with Crippen molar-refractivity contribution in [3.63, 3.8) is 0 Å². The standard InChI is InChI=1S/C25H23F4N7O3/c1-24(2,38)13-36-12-16(10-32-36)33-23-31-11-18(14-3-5-15(6-4-14)25(27,28)29)21(35-23)34-20-9-17(39-22(30)37)7-8-19(20)26/h3-12,38H,13H2,1-2H3,(H2,30,37)(H2,31,33,34,35). The summed E-state index contributed by atoms with van der Waals surface area (Å²) in [5.74, 6) is -0.688. The SMILES string of the molecule is CC(C)(O)Cn1cc(Nc2ncc(-c3ccc(C(F)(F)F)cc3)c(Nc3cc(OC(N)=O)ccc3F)n2)cn1. The van der Waals surface area contributed by atoms with Crippen LogP contribution in [0.5, 0.6) is 5.75 Å². The zero-order valence-electron chi connectivity index (χ0n) is 20.6. The van der Waals surface area contributed by atoms with Crippen molar-refractivity contribution in [2.75, 3.05) is 10.6 Å². The average Bonchev–Trinajstić information content (AvgIpc) is 3.25. The van der Waals surface area contributed by atoms with E-state index in [9.17, 15) is 27.5 Å². The monoisotopic (exact) mass is 545 g/mol. The second-order valence-electron chi connectivity index (χ2n) is 9.08. The highest BCUT2D eigenvalue weighted by Crippen LogP contribution is 2.35. The summed E-state index contributed by atoms with van der Waals surface area (Å²) in [6.07, 6.45) is -1.18. The van der Waals surface area contributed by atoms with E-state index in [0.717, 1.165) is 18.2 Å². The van der Waals surface area contributed by atoms with Gasteiger partial charge in [-0.05, 0) is 43.7 Å². The molecule has 0 aliphatic carbocycles. The molecule has 0 fully saturated rings. The van der Waals surface area contributed by atoms with E-state index in [1.165, 1.54) is 41.3 Å². The predicted octanol–water partition coefficient (Wildman–Crippen LogP) is 5.21. The molecule has 0 bridgehead atoms. The number of alkyl halides is 3. The lowest BCUT2D eigenvalue weighted by molar-refractivity contribution is -0.137. The van der Waals surface area contributed by atoms with Crippen molar-refractivity contribution in [3.05, 3.63) is 72.4 Å². The second kappa shape index (κ2) is 10.6. The van der Waals surface area contributed by atoms with Crippen molar-refractivity contribution in [2.24, 2.45) is 5.73 Å². The fourth-order valence-electron chi connectivity index (χ4n) is 3.53. The van der Waals surface area contributed by atoms with Crippen molar-refractivity contribution in [2.45, 2.75) is 32.2 Å². The van der Waals surface area contributed by atoms with Crippen molar-refractivity contribution in [1.29, 1.82) is 0 Å². The number of nitrogens with two attached hydrogens (primary N) is 1. The third kappa shape index (κ3) is 7.19. The summed E-state index contributed by atoms with van der Waals surface area (Å²) < 4.78 is 60.1. The van der Waals surface area contributed by atoms with Crippen LogP contribution >= 0.6 is 0 Å². The Balaban J connectivity index is 1.70. The number of ether oxygens (including phenoxy) is 1. The number of carbonyl (C=O) groups is 1. The lowest BCUT2D eigenvalue weighted by atomic mass is 10.1. The Morgan fingerprint density at radius 2 is 1.82 bits per heavy atom. The number of halogens is 4. The van der Waals surface area contributed by atoms with Crippen LogP contribution in [0.1, 0.15) is 19.4 Å². The number of primary amides is 1. The number of nitrogens with one attached hydrogen (secondary N) is 2. The molecule has 204 valence electrons. The quantitative estimate of drug-likeness (QED) is 0.221. The molecule has 5 N–H and O–H groups in total. The molecule has 39 heavy (non-hydrogen) atoms. The van der Waals surface area contributed by atoms with Gasteiger partial charge in [-0.1, -0.05) is 12.1 Å². The molecule has 0 spiro atoms. The fraction of sp³-hybridized carbons (Fsp3) is 0.200. The minimum Gasteiger partial charge on any atom is -0.410 e. The van der Waals surface area contributed by atoms with Crippen LogP contribution in [0, 0.1) is 5.82 Å². The van der Waals surface area contributed by atoms with E-state index >= 15 is 0 Å². The Morgan fingerprint density at radius 3 is 2.46 bits per heavy atom. The number of aromatic nitrogens is 4. The van der Waals surface area contributed by atoms with Gasteiger partial charge < -0.3 is 26.2 Å². The maximum atomic E-state index is 14.6. The Labute approximate surface area is 219 Å². The summed E-state index contributed by atoms with van der Waals surface area (Å²) in [7, 11) is 0. The molecule has 4 aromatic rings. The Kier molecular flexibility index (Phi) is 7.40. The van der Waals surface area contributed by atoms with Crippen LogP contribution < -0.4 is 21.1 Å². The molecule has 0 aliphatic heterocycles. The van der Waals surface area contributed by atoms with Crippen molar-refractivity contribution in [1.82, 2.24) is 19.7 Å². The predicted molar refractivity (Wildman–Crippen MR) is 134 cm³/mol. The van der Waals surface area contributed by atoms with E-state index in [2.05, 4.69) is 25.7 Å². The third-order valence-corrected chi connectivity index (χ3v) is 5.16. The summed E-state index contributed by atoms with van der Waals surface area (Å²) in [6.45, 7) is 3.48. The molecule has 0 atom stereocenters. The zero-order valence-corrected chi connectivity index (χ0v) is 20.6. The molecule has 0 unspecified atom stereocenters. The Bertz CT molecular complexity index is 1480. The Morgan fingerprint density at radius 1 is 1.10 bits per heavy atom. The van der Waals surface area contributed by atoms with Gasteiger partial charge >= 0.3 is 12.3 Å². The number of hydrogen-bond acceptors (Lipinski definition) is 8. The van der Waals surface area contributed by atoms with Crippen LogP contribution in [0.3, 0.4) is 0 Å². The topological polar surface area (TPSA) is 140 Å². The van der Waals surface area contributed by atoms with Gasteiger partial charge in [0, 0.05) is 24.0 Å². The molecular weight excluding hydrogens is 522 g/mol. The van der Waals surface area contributed by atoms with Gasteiger partial charge in [0.15, 0.2) is 0 Å². The maximum Gasteiger partial charge on any atom is 0.416 e. The molecule has 2 heterocycles. The first-order valence-electron chi connectivity index (χ1n) is 11.4. The van der Waals surface area contributed by atoms with E-state index in [4.69, 9.17) is 10.5 Å². The number of rotatable bonds is 8. The first-order valence-corrected chi connectivity index (χ1v) is 11.4. The minimum atomic E-state index is -4.52. The second-order valence-corrected chi connectivity index (χ2v) is 9.08. The van der Waals surface area contributed by atoms with E-state index in [-0.39, 0.29) is 35.3 Å². The van der Waals surface area contributed by atoms with E-state index in [1.807, 2.05) is 0 Å². The number of hydrogen-bond donors (Lipinski definition) is 4. The van der Waals surface area contributed by atoms with Crippen LogP contribution in [0.15, 0.2) is 61.1 Å². The molecule has 0 radical (unpaired) electrons. The highest BCUT2D eigenvalue weighted by Gasteiger charge is 2.30. The molecular formula is C25H23F4N7O3. The highest BCUT2D eigenvalue weighted by atomic mass is 19.4. The highest BCUT2D eigenvalue weighted by molar-refractivity contribution is 5.79. The van der Waals surface area contributed by atoms with E-state index < -0.39 is 29.3 Å². The van der Waals surface area contributed by atoms with Crippen LogP contribution in [-0.2, 0) is 12.7 Å². The summed E-state index contributed by atoms with van der Waals surface area (Å²) in [5.41, 5.74) is 4.10. The van der Waals surface area contributed by atoms with Gasteiger partial charge in [0.2, 0.25) is 5.95 Å². The number of benzene rings is 2. The number of amides is 1. The average molecular weight is 545 g/mol. The van der Waals surface area contributed by atoms with Gasteiger partial charge in [0.1, 0.15) is 17.4 Å². The minimum absolute atomic E-state index is 0.0336. The van der Waals surface area contributed by atoms with Crippen molar-refractivity contribution in [3.8, 4) is 16.9 Å². The molecule has 2 aromatic heterocycles. The van der Waals surface area contributed by atoms with Gasteiger partial charge in [0.25, 0.3) is 0 Å². The summed E-state index contributed by atoms with van der Waals surface area (Å²) in [4.78, 5) is 19.7. The van der Waals surface area contributed by atoms with Crippen molar-refractivity contribution >= 4 is 29.2 Å². The summed E-state index contributed by atoms with van der Waals surface area (Å²) in [6, 6.07) is 7.70. The first-order chi connectivity index (χ1) is 18.3. The molecule has 4 rings (SSSR count). The van der Waals surface area contributed by atoms with Crippen LogP contribution in [-0.4, -0.2) is 36.5 Å². The van der Waals surface area contributed by atoms with Gasteiger partial charge in [-0.15, -0.1) is 0 Å². The number of carbonyl (C=O) groups excluding carboxylic acids is 1. The molecule has 0 aliphatic rings. The van der Waals surface area contributed by atoms with Crippen LogP contribution in [0.25, 0.3) is 11.1 Å². The molecule has 1 amide bonds. The Hall–Kier alpha value is -4.72. The summed E-state index contributed by atoms with van der Waals surface area (Å²) in [5, 5.41) is 19.9. The fourth-order valence-corrected chi connectivity index (χ4v) is 3.53. The smallest absolute Gasteiger partial charge is 0.410 e. The number of nitrogens with zero attached hydrogens (tertiary/aromatic N) is 4. The molecule has 0 saturated heterocycles. The van der Waals surface area contributed by atoms with Gasteiger partial charge in [-0.3, -0.25) is 4.68 Å². The molecule has 2 aromatic carbocycles. The lowest BCUT2D eigenvalue weighted by Gasteiger charge is -2.16. The van der Waals surface area contributed by atoms with Crippen LogP contribution in [0.4, 0.5) is 45.5 Å². The maximum absolute atomic E-state index is 14.6. The third-order valence-electron chi connectivity index (χ3n) is 5.16. The normalized spacial score (nSPS) is 11.8. The van der Waals surface area contributed by atoms with Crippen LogP contribution in [0.2, 0.25) is 0 Å².